The van der Waals surface area contributed by atoms with E-state index in [4.69, 9.17) is 14.2 Å². The van der Waals surface area contributed by atoms with Crippen molar-refractivity contribution < 1.29 is 28.6 Å². The average Bonchev–Trinajstić information content (AvgIpc) is 3.30. The summed E-state index contributed by atoms with van der Waals surface area (Å²) in [6, 6.07) is 0. The van der Waals surface area contributed by atoms with Crippen molar-refractivity contribution in [1.82, 2.24) is 0 Å². The lowest BCUT2D eigenvalue weighted by atomic mass is 10.1. The van der Waals surface area contributed by atoms with Crippen LogP contribution in [0.3, 0.4) is 0 Å². The number of hydrogen-bond donors (Lipinski definition) is 0. The fraction of sp³-hybridized carbons (Fsp3) is 0.712. The summed E-state index contributed by atoms with van der Waals surface area (Å²) in [4.78, 5) is 38.0. The standard InChI is InChI=1S/C59H100O6/c1-4-7-10-13-16-19-22-24-26-28-29-31-32-34-37-40-43-46-49-52-58(61)64-55-56(54-63-57(60)51-48-45-42-39-36-21-18-15-12-9-6-3)65-59(62)53-50-47-44-41-38-35-33-30-27-25-23-20-17-14-11-8-5-2/h15-20,24-27,29,31,34,37,56H,4-14,21-23,28,30,32-33,35-36,38-55H2,1-3H3/b18-15-,19-16-,20-17-,26-24-,27-25-,31-29-,37-34-/t56-/m0/s1. The average molecular weight is 905 g/mol. The Morgan fingerprint density at radius 1 is 0.308 bits per heavy atom. The Morgan fingerprint density at radius 2 is 0.569 bits per heavy atom. The highest BCUT2D eigenvalue weighted by Gasteiger charge is 2.19. The number of rotatable bonds is 48. The molecule has 0 bridgehead atoms. The molecular weight excluding hydrogens is 805 g/mol. The van der Waals surface area contributed by atoms with Gasteiger partial charge in [-0.2, -0.15) is 0 Å². The van der Waals surface area contributed by atoms with Gasteiger partial charge in [0.05, 0.1) is 0 Å². The fourth-order valence-corrected chi connectivity index (χ4v) is 7.20. The second-order valence-electron chi connectivity index (χ2n) is 17.8. The number of hydrogen-bond acceptors (Lipinski definition) is 6. The number of carbonyl (C=O) groups excluding carboxylic acids is 3. The summed E-state index contributed by atoms with van der Waals surface area (Å²) < 4.78 is 16.8. The quantitative estimate of drug-likeness (QED) is 0.0262. The molecular formula is C59H100O6. The van der Waals surface area contributed by atoms with E-state index in [0.29, 0.717) is 19.3 Å². The maximum absolute atomic E-state index is 12.8. The first kappa shape index (κ1) is 61.6. The Labute approximate surface area is 401 Å². The third-order valence-electron chi connectivity index (χ3n) is 11.3. The minimum Gasteiger partial charge on any atom is -0.462 e. The molecule has 0 aromatic rings. The Kier molecular flexibility index (Phi) is 50.4. The highest BCUT2D eigenvalue weighted by molar-refractivity contribution is 5.71. The van der Waals surface area contributed by atoms with Gasteiger partial charge in [-0.15, -0.1) is 0 Å². The SMILES string of the molecule is CCCC/C=C\CCCCCCCC(=O)OC[C@@H](COC(=O)CCCCC/C=C\C/C=C\C/C=C\C/C=C\CCCCC)OC(=O)CCCCCCCCC/C=C\C/C=C\CCCCC. The van der Waals surface area contributed by atoms with Gasteiger partial charge in [-0.1, -0.05) is 202 Å². The third-order valence-corrected chi connectivity index (χ3v) is 11.3. The lowest BCUT2D eigenvalue weighted by molar-refractivity contribution is -0.167. The normalized spacial score (nSPS) is 12.7. The molecule has 0 radical (unpaired) electrons. The Morgan fingerprint density at radius 3 is 0.938 bits per heavy atom. The molecule has 0 unspecified atom stereocenters. The van der Waals surface area contributed by atoms with Gasteiger partial charge in [-0.05, 0) is 116 Å². The summed E-state index contributed by atoms with van der Waals surface area (Å²) in [6.07, 6.45) is 68.5. The van der Waals surface area contributed by atoms with Gasteiger partial charge >= 0.3 is 17.9 Å². The lowest BCUT2D eigenvalue weighted by Crippen LogP contribution is -2.30. The third kappa shape index (κ3) is 51.4. The predicted molar refractivity (Wildman–Crippen MR) is 279 cm³/mol. The highest BCUT2D eigenvalue weighted by atomic mass is 16.6. The molecule has 0 aliphatic rings. The molecule has 0 spiro atoms. The van der Waals surface area contributed by atoms with Gasteiger partial charge in [0, 0.05) is 19.3 Å². The summed E-state index contributed by atoms with van der Waals surface area (Å²) in [5.41, 5.74) is 0. The van der Waals surface area contributed by atoms with Gasteiger partial charge < -0.3 is 14.2 Å². The smallest absolute Gasteiger partial charge is 0.306 e. The van der Waals surface area contributed by atoms with Crippen LogP contribution in [-0.2, 0) is 28.6 Å². The molecule has 0 rings (SSSR count). The van der Waals surface area contributed by atoms with E-state index in [1.807, 2.05) is 0 Å². The first-order valence-corrected chi connectivity index (χ1v) is 27.1. The van der Waals surface area contributed by atoms with Crippen LogP contribution >= 0.6 is 0 Å². The zero-order valence-corrected chi connectivity index (χ0v) is 42.5. The Hall–Kier alpha value is -3.41. The number of allylic oxidation sites excluding steroid dienone is 14. The topological polar surface area (TPSA) is 78.9 Å². The molecule has 0 amide bonds. The molecule has 0 saturated carbocycles. The second kappa shape index (κ2) is 53.2. The molecule has 372 valence electrons. The Balaban J connectivity index is 4.44. The van der Waals surface area contributed by atoms with Crippen molar-refractivity contribution >= 4 is 17.9 Å². The molecule has 1 atom stereocenters. The van der Waals surface area contributed by atoms with Crippen molar-refractivity contribution in [3.63, 3.8) is 0 Å². The maximum atomic E-state index is 12.8. The van der Waals surface area contributed by atoms with Gasteiger partial charge in [0.15, 0.2) is 6.10 Å². The first-order chi connectivity index (χ1) is 32.0. The van der Waals surface area contributed by atoms with Crippen molar-refractivity contribution in [3.8, 4) is 0 Å². The molecule has 0 aromatic carbocycles. The van der Waals surface area contributed by atoms with Crippen LogP contribution < -0.4 is 0 Å². The number of unbranched alkanes of at least 4 members (excludes halogenated alkanes) is 23. The zero-order chi connectivity index (χ0) is 47.2. The van der Waals surface area contributed by atoms with Gasteiger partial charge in [0.2, 0.25) is 0 Å². The van der Waals surface area contributed by atoms with Gasteiger partial charge in [-0.25, -0.2) is 0 Å². The van der Waals surface area contributed by atoms with Gasteiger partial charge in [0.25, 0.3) is 0 Å². The van der Waals surface area contributed by atoms with E-state index < -0.39 is 6.10 Å². The van der Waals surface area contributed by atoms with E-state index >= 15 is 0 Å². The first-order valence-electron chi connectivity index (χ1n) is 27.1. The van der Waals surface area contributed by atoms with E-state index in [2.05, 4.69) is 106 Å². The molecule has 0 heterocycles. The molecule has 65 heavy (non-hydrogen) atoms. The van der Waals surface area contributed by atoms with E-state index in [1.165, 1.54) is 103 Å². The molecule has 0 saturated heterocycles. The second-order valence-corrected chi connectivity index (χ2v) is 17.8. The van der Waals surface area contributed by atoms with Crippen molar-refractivity contribution in [2.24, 2.45) is 0 Å². The van der Waals surface area contributed by atoms with Crippen LogP contribution in [0, 0.1) is 0 Å². The lowest BCUT2D eigenvalue weighted by Gasteiger charge is -2.18. The van der Waals surface area contributed by atoms with Crippen LogP contribution in [0.5, 0.6) is 0 Å². The molecule has 6 nitrogen and oxygen atoms in total. The van der Waals surface area contributed by atoms with Crippen molar-refractivity contribution in [3.05, 3.63) is 85.1 Å². The molecule has 0 fully saturated rings. The highest BCUT2D eigenvalue weighted by Crippen LogP contribution is 2.14. The number of ether oxygens (including phenoxy) is 3. The monoisotopic (exact) mass is 905 g/mol. The van der Waals surface area contributed by atoms with Crippen molar-refractivity contribution in [1.29, 1.82) is 0 Å². The van der Waals surface area contributed by atoms with E-state index in [1.54, 1.807) is 0 Å². The van der Waals surface area contributed by atoms with E-state index in [0.717, 1.165) is 109 Å². The van der Waals surface area contributed by atoms with Crippen LogP contribution in [0.2, 0.25) is 0 Å². The van der Waals surface area contributed by atoms with Crippen LogP contribution in [-0.4, -0.2) is 37.2 Å². The largest absolute Gasteiger partial charge is 0.462 e. The maximum Gasteiger partial charge on any atom is 0.306 e. The zero-order valence-electron chi connectivity index (χ0n) is 42.5. The summed E-state index contributed by atoms with van der Waals surface area (Å²) in [5.74, 6) is -0.943. The van der Waals surface area contributed by atoms with Crippen LogP contribution in [0.25, 0.3) is 0 Å². The minimum absolute atomic E-state index is 0.0950. The van der Waals surface area contributed by atoms with Gasteiger partial charge in [0.1, 0.15) is 13.2 Å². The summed E-state index contributed by atoms with van der Waals surface area (Å²) in [6.45, 7) is 6.50. The van der Waals surface area contributed by atoms with E-state index in [-0.39, 0.29) is 31.1 Å². The number of esters is 3. The molecule has 0 N–H and O–H groups in total. The number of carbonyl (C=O) groups is 3. The minimum atomic E-state index is -0.797. The molecule has 6 heteroatoms. The molecule has 0 aliphatic heterocycles. The molecule has 0 aromatic heterocycles. The predicted octanol–water partition coefficient (Wildman–Crippen LogP) is 18.0. The van der Waals surface area contributed by atoms with Crippen molar-refractivity contribution in [2.75, 3.05) is 13.2 Å². The van der Waals surface area contributed by atoms with Crippen LogP contribution in [0.4, 0.5) is 0 Å². The van der Waals surface area contributed by atoms with Crippen molar-refractivity contribution in [2.45, 2.75) is 258 Å². The van der Waals surface area contributed by atoms with Gasteiger partial charge in [-0.3, -0.25) is 14.4 Å². The Bertz CT molecular complexity index is 1270. The summed E-state index contributed by atoms with van der Waals surface area (Å²) in [7, 11) is 0. The van der Waals surface area contributed by atoms with Crippen LogP contribution in [0.15, 0.2) is 85.1 Å². The molecule has 0 aliphatic carbocycles. The summed E-state index contributed by atoms with van der Waals surface area (Å²) >= 11 is 0. The summed E-state index contributed by atoms with van der Waals surface area (Å²) in [5, 5.41) is 0. The van der Waals surface area contributed by atoms with E-state index in [9.17, 15) is 14.4 Å². The van der Waals surface area contributed by atoms with Crippen LogP contribution in [0.1, 0.15) is 252 Å². The fourth-order valence-electron chi connectivity index (χ4n) is 7.20.